The first-order valence-corrected chi connectivity index (χ1v) is 13.6. The van der Waals surface area contributed by atoms with Crippen LogP contribution in [0.15, 0.2) is 60.7 Å². The summed E-state index contributed by atoms with van der Waals surface area (Å²) >= 11 is 0. The van der Waals surface area contributed by atoms with E-state index in [9.17, 15) is 9.18 Å². The lowest BCUT2D eigenvalue weighted by atomic mass is 10.0. The summed E-state index contributed by atoms with van der Waals surface area (Å²) in [6.45, 7) is 10.6. The molecule has 3 aromatic rings. The highest BCUT2D eigenvalue weighted by Gasteiger charge is 2.22. The molecule has 1 fully saturated rings. The van der Waals surface area contributed by atoms with Gasteiger partial charge in [0.2, 0.25) is 0 Å². The van der Waals surface area contributed by atoms with Gasteiger partial charge in [0.05, 0.1) is 19.3 Å². The van der Waals surface area contributed by atoms with Gasteiger partial charge >= 0.3 is 0 Å². The van der Waals surface area contributed by atoms with Gasteiger partial charge in [0, 0.05) is 37.3 Å². The number of likely N-dealkylation sites (tertiary alicyclic amines) is 1. The zero-order valence-electron chi connectivity index (χ0n) is 23.5. The predicted octanol–water partition coefficient (Wildman–Crippen LogP) is 6.47. The molecule has 1 aliphatic rings. The summed E-state index contributed by atoms with van der Waals surface area (Å²) in [6, 6.07) is 17.8. The minimum Gasteiger partial charge on any atom is -0.497 e. The Kier molecular flexibility index (Phi) is 9.46. The number of nitrogens with zero attached hydrogens (tertiary/aromatic N) is 1. The fourth-order valence-corrected chi connectivity index (χ4v) is 4.82. The topological polar surface area (TPSA) is 60.0 Å². The van der Waals surface area contributed by atoms with E-state index in [-0.39, 0.29) is 30.0 Å². The Labute approximate surface area is 231 Å². The molecule has 1 amide bonds. The van der Waals surface area contributed by atoms with Gasteiger partial charge in [-0.15, -0.1) is 0 Å². The van der Waals surface area contributed by atoms with Crippen LogP contribution in [0.2, 0.25) is 0 Å². The molecule has 0 spiro atoms. The Morgan fingerprint density at radius 2 is 1.49 bits per heavy atom. The largest absolute Gasteiger partial charge is 0.497 e. The minimum atomic E-state index is -0.299. The van der Waals surface area contributed by atoms with E-state index >= 15 is 0 Å². The molecule has 6 nitrogen and oxygen atoms in total. The van der Waals surface area contributed by atoms with E-state index in [0.717, 1.165) is 60.7 Å². The van der Waals surface area contributed by atoms with E-state index in [2.05, 4.69) is 22.3 Å². The molecule has 0 bridgehead atoms. The van der Waals surface area contributed by atoms with E-state index < -0.39 is 0 Å². The summed E-state index contributed by atoms with van der Waals surface area (Å²) in [6.07, 6.45) is 1.89. The fourth-order valence-electron chi connectivity index (χ4n) is 4.82. The van der Waals surface area contributed by atoms with Gasteiger partial charge in [-0.05, 0) is 99.7 Å². The zero-order chi connectivity index (χ0) is 27.9. The molecule has 0 aliphatic carbocycles. The third-order valence-corrected chi connectivity index (χ3v) is 6.59. The van der Waals surface area contributed by atoms with Gasteiger partial charge in [-0.25, -0.2) is 4.39 Å². The Bertz CT molecular complexity index is 1220. The monoisotopic (exact) mass is 534 g/mol. The van der Waals surface area contributed by atoms with Gasteiger partial charge in [-0.2, -0.15) is 0 Å². The highest BCUT2D eigenvalue weighted by molar-refractivity contribution is 5.96. The van der Waals surface area contributed by atoms with Crippen molar-refractivity contribution in [3.8, 4) is 28.4 Å². The molecule has 0 unspecified atom stereocenters. The molecule has 0 atom stereocenters. The van der Waals surface area contributed by atoms with Crippen molar-refractivity contribution in [2.24, 2.45) is 0 Å². The van der Waals surface area contributed by atoms with Crippen LogP contribution in [0, 0.1) is 5.82 Å². The normalized spacial score (nSPS) is 14.5. The molecule has 0 radical (unpaired) electrons. The van der Waals surface area contributed by atoms with Crippen molar-refractivity contribution in [1.29, 1.82) is 0 Å². The van der Waals surface area contributed by atoms with Crippen molar-refractivity contribution in [3.63, 3.8) is 0 Å². The number of amides is 1. The van der Waals surface area contributed by atoms with Crippen LogP contribution in [-0.4, -0.2) is 49.3 Å². The number of rotatable bonds is 10. The van der Waals surface area contributed by atoms with Crippen molar-refractivity contribution in [2.75, 3.05) is 20.2 Å². The van der Waals surface area contributed by atoms with Crippen molar-refractivity contribution in [2.45, 2.75) is 65.3 Å². The zero-order valence-corrected chi connectivity index (χ0v) is 23.5. The number of carbonyl (C=O) groups excluding carboxylic acids is 1. The van der Waals surface area contributed by atoms with Gasteiger partial charge in [0.1, 0.15) is 23.1 Å². The highest BCUT2D eigenvalue weighted by atomic mass is 19.1. The molecule has 1 saturated heterocycles. The van der Waals surface area contributed by atoms with E-state index in [0.29, 0.717) is 11.3 Å². The molecule has 0 saturated carbocycles. The summed E-state index contributed by atoms with van der Waals surface area (Å²) in [5, 5.41) is 3.20. The Hall–Kier alpha value is -3.58. The second-order valence-electron chi connectivity index (χ2n) is 10.6. The number of hydrogen-bond donors (Lipinski definition) is 1. The molecule has 7 heteroatoms. The van der Waals surface area contributed by atoms with Crippen LogP contribution >= 0.6 is 0 Å². The molecule has 1 aliphatic heterocycles. The van der Waals surface area contributed by atoms with Crippen LogP contribution in [0.1, 0.15) is 56.5 Å². The van der Waals surface area contributed by atoms with Gasteiger partial charge in [0.15, 0.2) is 0 Å². The number of nitrogens with one attached hydrogen (secondary N) is 1. The quantitative estimate of drug-likeness (QED) is 0.323. The molecule has 39 heavy (non-hydrogen) atoms. The summed E-state index contributed by atoms with van der Waals surface area (Å²) in [5.41, 5.74) is 3.30. The fraction of sp³-hybridized carbons (Fsp3) is 0.406. The van der Waals surface area contributed by atoms with Gasteiger partial charge in [-0.3, -0.25) is 9.69 Å². The second kappa shape index (κ2) is 13.0. The standard InChI is InChI=1S/C32H39FN2O4/c1-21(2)38-30-14-23(15-31(19-30)39-22(3)4)20-35-12-10-28(11-13-35)34-32(36)26-16-25(17-29(18-26)37-5)24-6-8-27(33)9-7-24/h6-9,14-19,21-22,28H,10-13,20H2,1-5H3,(H,34,36). The molecule has 1 N–H and O–H groups in total. The number of benzene rings is 3. The lowest BCUT2D eigenvalue weighted by molar-refractivity contribution is 0.0908. The van der Waals surface area contributed by atoms with Crippen molar-refractivity contribution < 1.29 is 23.4 Å². The average Bonchev–Trinajstić information content (AvgIpc) is 2.89. The van der Waals surface area contributed by atoms with Crippen LogP contribution < -0.4 is 19.5 Å². The van der Waals surface area contributed by atoms with Crippen LogP contribution in [0.5, 0.6) is 17.2 Å². The first kappa shape index (κ1) is 28.4. The van der Waals surface area contributed by atoms with Crippen LogP contribution in [0.3, 0.4) is 0 Å². The van der Waals surface area contributed by atoms with E-state index in [1.807, 2.05) is 45.9 Å². The summed E-state index contributed by atoms with van der Waals surface area (Å²) in [7, 11) is 1.57. The molecule has 208 valence electrons. The van der Waals surface area contributed by atoms with Crippen LogP contribution in [0.4, 0.5) is 4.39 Å². The van der Waals surface area contributed by atoms with Gasteiger partial charge in [-0.1, -0.05) is 12.1 Å². The number of methoxy groups -OCH3 is 1. The molecular formula is C32H39FN2O4. The maximum Gasteiger partial charge on any atom is 0.251 e. The summed E-state index contributed by atoms with van der Waals surface area (Å²) < 4.78 is 30.7. The number of halogens is 1. The summed E-state index contributed by atoms with van der Waals surface area (Å²) in [5.74, 6) is 1.79. The highest BCUT2D eigenvalue weighted by Crippen LogP contribution is 2.28. The van der Waals surface area contributed by atoms with Crippen LogP contribution in [-0.2, 0) is 6.54 Å². The maximum absolute atomic E-state index is 13.4. The lowest BCUT2D eigenvalue weighted by Crippen LogP contribution is -2.44. The number of hydrogen-bond acceptors (Lipinski definition) is 5. The number of carbonyl (C=O) groups is 1. The Balaban J connectivity index is 1.37. The maximum atomic E-state index is 13.4. The summed E-state index contributed by atoms with van der Waals surface area (Å²) in [4.78, 5) is 15.6. The van der Waals surface area contributed by atoms with Crippen LogP contribution in [0.25, 0.3) is 11.1 Å². The average molecular weight is 535 g/mol. The molecule has 0 aromatic heterocycles. The molecule has 3 aromatic carbocycles. The SMILES string of the molecule is COc1cc(C(=O)NC2CCN(Cc3cc(OC(C)C)cc(OC(C)C)c3)CC2)cc(-c2ccc(F)cc2)c1. The Morgan fingerprint density at radius 1 is 0.872 bits per heavy atom. The number of ether oxygens (including phenoxy) is 3. The van der Waals surface area contributed by atoms with Crippen molar-refractivity contribution >= 4 is 5.91 Å². The smallest absolute Gasteiger partial charge is 0.251 e. The first-order chi connectivity index (χ1) is 18.7. The van der Waals surface area contributed by atoms with Crippen molar-refractivity contribution in [3.05, 3.63) is 77.6 Å². The first-order valence-electron chi connectivity index (χ1n) is 13.6. The number of piperidine rings is 1. The van der Waals surface area contributed by atoms with Gasteiger partial charge < -0.3 is 19.5 Å². The van der Waals surface area contributed by atoms with Gasteiger partial charge in [0.25, 0.3) is 5.91 Å². The Morgan fingerprint density at radius 3 is 2.05 bits per heavy atom. The second-order valence-corrected chi connectivity index (χ2v) is 10.6. The van der Waals surface area contributed by atoms with Crippen molar-refractivity contribution in [1.82, 2.24) is 10.2 Å². The van der Waals surface area contributed by atoms with E-state index in [4.69, 9.17) is 14.2 Å². The third kappa shape index (κ3) is 8.20. The van der Waals surface area contributed by atoms with E-state index in [1.165, 1.54) is 12.1 Å². The minimum absolute atomic E-state index is 0.0860. The predicted molar refractivity (Wildman–Crippen MR) is 152 cm³/mol. The van der Waals surface area contributed by atoms with E-state index in [1.54, 1.807) is 25.3 Å². The third-order valence-electron chi connectivity index (χ3n) is 6.59. The molecular weight excluding hydrogens is 495 g/mol. The molecule has 4 rings (SSSR count). The lowest BCUT2D eigenvalue weighted by Gasteiger charge is -2.32. The molecule has 1 heterocycles.